The number of carbonyl (C=O) groups excluding carboxylic acids is 3. The molecule has 3 aromatic heterocycles. The van der Waals surface area contributed by atoms with Crippen LogP contribution in [0.5, 0.6) is 0 Å². The average Bonchev–Trinajstić information content (AvgIpc) is 1.46. The van der Waals surface area contributed by atoms with Gasteiger partial charge in [-0.3, -0.25) is 29.7 Å². The van der Waals surface area contributed by atoms with E-state index in [1.54, 1.807) is 0 Å². The van der Waals surface area contributed by atoms with Gasteiger partial charge in [0.2, 0.25) is 17.8 Å². The highest BCUT2D eigenvalue weighted by molar-refractivity contribution is 6.04. The monoisotopic (exact) mass is 1220 g/mol. The minimum atomic E-state index is -2.60. The minimum Gasteiger partial charge on any atom is -0.294 e. The van der Waals surface area contributed by atoms with Crippen molar-refractivity contribution in [2.75, 3.05) is 0 Å². The third kappa shape index (κ3) is 8.66. The number of hydrogen-bond acceptors (Lipinski definition) is 6. The van der Waals surface area contributed by atoms with E-state index in [4.69, 9.17) is 0 Å². The van der Waals surface area contributed by atoms with Crippen molar-refractivity contribution in [3.63, 3.8) is 0 Å². The zero-order valence-corrected chi connectivity index (χ0v) is 52.3. The van der Waals surface area contributed by atoms with E-state index in [0.29, 0.717) is 38.5 Å². The van der Waals surface area contributed by atoms with Gasteiger partial charge in [-0.2, -0.15) is 15.3 Å². The van der Waals surface area contributed by atoms with Gasteiger partial charge >= 0.3 is 0 Å². The molecule has 0 bridgehead atoms. The van der Waals surface area contributed by atoms with Gasteiger partial charge in [0.25, 0.3) is 0 Å². The van der Waals surface area contributed by atoms with Crippen molar-refractivity contribution < 1.29 is 40.7 Å². The fraction of sp³-hybridized carbons (Fsp3) is 0.520. The Bertz CT molecular complexity index is 3780. The number of aromatic amines is 3. The highest BCUT2D eigenvalue weighted by atomic mass is 19.3. The SMILES string of the molecule is CC1(C)CC(=O)C2=C(Cc3[nH]nc(C4CC(F)(F)C4)c3C23CCc2ccccc23)C1.CC1(C)CC(=O)C2=C(Cc3[nH]nc(C4CC(F)(F)C4)c3[C@@]23CCc2ccccc23)C1.CC1(C)CC(=O)C2=C(Cc3[nH]nc(C4CC(F)(F)C4)c3[C@]23CCc2ccccc23)C1. The van der Waals surface area contributed by atoms with Crippen LogP contribution in [0, 0.1) is 16.2 Å². The highest BCUT2D eigenvalue weighted by Crippen LogP contribution is 2.65. The van der Waals surface area contributed by atoms with Gasteiger partial charge in [0.1, 0.15) is 0 Å². The number of alkyl halides is 6. The van der Waals surface area contributed by atoms with Crippen molar-refractivity contribution in [2.24, 2.45) is 16.2 Å². The van der Waals surface area contributed by atoms with Crippen LogP contribution in [-0.2, 0) is 69.2 Å². The van der Waals surface area contributed by atoms with Crippen LogP contribution in [0.3, 0.4) is 0 Å². The minimum absolute atomic E-state index is 0.0500. The van der Waals surface area contributed by atoms with Crippen LogP contribution in [0.4, 0.5) is 26.3 Å². The van der Waals surface area contributed by atoms with Crippen molar-refractivity contribution in [1.82, 2.24) is 30.6 Å². The molecule has 0 saturated heterocycles. The second kappa shape index (κ2) is 19.3. The van der Waals surface area contributed by atoms with Gasteiger partial charge in [-0.05, 0) is 107 Å². The normalized spacial score (nSPS) is 28.9. The van der Waals surface area contributed by atoms with E-state index in [2.05, 4.69) is 109 Å². The summed E-state index contributed by atoms with van der Waals surface area (Å²) in [7, 11) is 0. The Morgan fingerprint density at radius 3 is 0.889 bits per heavy atom. The number of H-pyrrole nitrogens is 3. The molecule has 0 amide bonds. The summed E-state index contributed by atoms with van der Waals surface area (Å²) in [6.07, 6.45) is 10.6. The average molecular weight is 1230 g/mol. The molecule has 3 N–H and O–H groups in total. The molecule has 3 saturated carbocycles. The molecule has 3 fully saturated rings. The molecule has 3 aromatic carbocycles. The number of carbonyl (C=O) groups is 3. The molecule has 1 unspecified atom stereocenters. The van der Waals surface area contributed by atoms with Crippen molar-refractivity contribution in [1.29, 1.82) is 0 Å². The molecule has 18 rings (SSSR count). The second-order valence-corrected chi connectivity index (χ2v) is 31.7. The predicted molar refractivity (Wildman–Crippen MR) is 329 cm³/mol. The van der Waals surface area contributed by atoms with Crippen LogP contribution in [0.2, 0.25) is 0 Å². The molecule has 0 radical (unpaired) electrons. The topological polar surface area (TPSA) is 137 Å². The van der Waals surface area contributed by atoms with E-state index in [1.807, 2.05) is 36.4 Å². The molecule has 6 aromatic rings. The molecule has 90 heavy (non-hydrogen) atoms. The molecule has 12 aliphatic rings. The number of rotatable bonds is 3. The number of fused-ring (bicyclic) bond motifs is 15. The number of nitrogens with zero attached hydrogens (tertiary/aromatic N) is 3. The number of aromatic nitrogens is 6. The number of ketones is 3. The summed E-state index contributed by atoms with van der Waals surface area (Å²) in [5.41, 5.74) is 20.6. The quantitative estimate of drug-likeness (QED) is 0.151. The van der Waals surface area contributed by atoms with E-state index < -0.39 is 34.0 Å². The van der Waals surface area contributed by atoms with Gasteiger partial charge in [-0.15, -0.1) is 0 Å². The van der Waals surface area contributed by atoms with Crippen LogP contribution >= 0.6 is 0 Å². The maximum Gasteiger partial charge on any atom is 0.249 e. The Balaban J connectivity index is 0.000000108. The number of nitrogens with one attached hydrogen (secondary N) is 3. The molecule has 3 atom stereocenters. The van der Waals surface area contributed by atoms with Crippen LogP contribution in [0.25, 0.3) is 0 Å². The number of hydrogen-bond donors (Lipinski definition) is 3. The molecule has 9 nitrogen and oxygen atoms in total. The predicted octanol–water partition coefficient (Wildman–Crippen LogP) is 16.2. The van der Waals surface area contributed by atoms with Crippen LogP contribution < -0.4 is 0 Å². The Morgan fingerprint density at radius 1 is 0.378 bits per heavy atom. The molecule has 0 aliphatic heterocycles. The summed E-state index contributed by atoms with van der Waals surface area (Å²) in [6.45, 7) is 13.0. The first-order valence-electron chi connectivity index (χ1n) is 33.0. The van der Waals surface area contributed by atoms with Gasteiger partial charge in [0, 0.05) is 145 Å². The molecule has 12 aliphatic carbocycles. The van der Waals surface area contributed by atoms with Crippen molar-refractivity contribution in [3.8, 4) is 0 Å². The van der Waals surface area contributed by atoms with Crippen molar-refractivity contribution in [2.45, 2.75) is 228 Å². The molecule has 468 valence electrons. The zero-order valence-electron chi connectivity index (χ0n) is 52.3. The van der Waals surface area contributed by atoms with Crippen LogP contribution in [0.15, 0.2) is 106 Å². The summed E-state index contributed by atoms with van der Waals surface area (Å²) in [6, 6.07) is 25.1. The number of allylic oxidation sites excluding steroid dienone is 6. The van der Waals surface area contributed by atoms with Crippen molar-refractivity contribution >= 4 is 17.3 Å². The van der Waals surface area contributed by atoms with Crippen LogP contribution in [0.1, 0.15) is 240 Å². The third-order valence-corrected chi connectivity index (χ3v) is 23.4. The number of halogens is 6. The zero-order chi connectivity index (χ0) is 62.7. The fourth-order valence-corrected chi connectivity index (χ4v) is 20.3. The summed E-state index contributed by atoms with van der Waals surface area (Å²) in [4.78, 5) is 40.8. The fourth-order valence-electron chi connectivity index (χ4n) is 20.3. The summed E-state index contributed by atoms with van der Waals surface area (Å²) < 4.78 is 82.4. The third-order valence-electron chi connectivity index (χ3n) is 23.4. The first-order valence-corrected chi connectivity index (χ1v) is 33.0. The van der Waals surface area contributed by atoms with E-state index in [1.165, 1.54) is 50.1 Å². The first kappa shape index (κ1) is 58.2. The maximum absolute atomic E-state index is 13.7. The van der Waals surface area contributed by atoms with Gasteiger partial charge in [0.15, 0.2) is 17.3 Å². The first-order chi connectivity index (χ1) is 42.6. The molecular weight excluding hydrogens is 1150 g/mol. The summed E-state index contributed by atoms with van der Waals surface area (Å²) >= 11 is 0. The number of benzene rings is 3. The maximum atomic E-state index is 13.7. The van der Waals surface area contributed by atoms with Gasteiger partial charge in [0.05, 0.1) is 33.3 Å². The lowest BCUT2D eigenvalue weighted by Gasteiger charge is -2.45. The van der Waals surface area contributed by atoms with Gasteiger partial charge in [-0.1, -0.05) is 131 Å². The van der Waals surface area contributed by atoms with Gasteiger partial charge in [-0.25, -0.2) is 26.3 Å². The lowest BCUT2D eigenvalue weighted by Crippen LogP contribution is -2.43. The Hall–Kier alpha value is -6.90. The smallest absolute Gasteiger partial charge is 0.249 e. The van der Waals surface area contributed by atoms with Gasteiger partial charge < -0.3 is 0 Å². The number of aryl methyl sites for hydroxylation is 3. The van der Waals surface area contributed by atoms with Crippen molar-refractivity contribution in [3.05, 3.63) is 190 Å². The van der Waals surface area contributed by atoms with E-state index in [9.17, 15) is 40.7 Å². The Kier molecular flexibility index (Phi) is 12.5. The van der Waals surface area contributed by atoms with E-state index in [0.717, 1.165) is 125 Å². The summed E-state index contributed by atoms with van der Waals surface area (Å²) in [5, 5.41) is 23.5. The highest BCUT2D eigenvalue weighted by Gasteiger charge is 2.61. The van der Waals surface area contributed by atoms with E-state index >= 15 is 0 Å². The standard InChI is InChI=1S/3C25H26F2N2O/c3*1-23(2)10-15-9-18-21(22(29-28-18)16-11-24(26,27)12-16)25(20(15)19(30)13-23)8-7-14-5-3-4-6-17(14)25/h3*3-6,16H,7-13H2,1-2H3,(H,28,29)/t2*25-;/m10./s1. The number of Topliss-reactive ketones (excluding diaryl/α,β-unsaturated/α-hetero) is 3. The second-order valence-electron chi connectivity index (χ2n) is 31.7. The Morgan fingerprint density at radius 2 is 0.633 bits per heavy atom. The lowest BCUT2D eigenvalue weighted by atomic mass is 9.57. The largest absolute Gasteiger partial charge is 0.294 e. The molecular formula is C75H78F6N6O3. The summed E-state index contributed by atoms with van der Waals surface area (Å²) in [5.74, 6) is -7.80. The molecule has 15 heteroatoms. The lowest BCUT2D eigenvalue weighted by molar-refractivity contribution is -0.119. The Labute approximate surface area is 521 Å². The van der Waals surface area contributed by atoms with E-state index in [-0.39, 0.29) is 89.9 Å². The van der Waals surface area contributed by atoms with Crippen LogP contribution in [-0.4, -0.2) is 65.7 Å². The molecule has 3 spiro atoms. The molecule has 3 heterocycles.